The minimum absolute atomic E-state index is 0.0115. The van der Waals surface area contributed by atoms with Gasteiger partial charge in [-0.05, 0) is 37.5 Å². The van der Waals surface area contributed by atoms with Crippen molar-refractivity contribution in [3.05, 3.63) is 88.3 Å². The van der Waals surface area contributed by atoms with Crippen LogP contribution in [-0.2, 0) is 17.8 Å². The zero-order chi connectivity index (χ0) is 21.6. The quantitative estimate of drug-likeness (QED) is 0.460. The van der Waals surface area contributed by atoms with Crippen molar-refractivity contribution in [1.82, 2.24) is 20.1 Å². The Morgan fingerprint density at radius 2 is 1.87 bits per heavy atom. The molecule has 0 radical (unpaired) electrons. The normalized spacial score (nSPS) is 11.0. The van der Waals surface area contributed by atoms with Crippen molar-refractivity contribution in [2.75, 3.05) is 6.54 Å². The first kappa shape index (κ1) is 20.6. The lowest BCUT2D eigenvalue weighted by Gasteiger charge is -2.08. The average molecular weight is 415 g/mol. The highest BCUT2D eigenvalue weighted by atomic mass is 16.1. The summed E-state index contributed by atoms with van der Waals surface area (Å²) in [5.74, 6) is -0.0115. The number of H-pyrrole nitrogens is 1. The van der Waals surface area contributed by atoms with Gasteiger partial charge in [-0.1, -0.05) is 48.0 Å². The third-order valence-electron chi connectivity index (χ3n) is 5.38. The van der Waals surface area contributed by atoms with Crippen LogP contribution in [0.4, 0.5) is 0 Å². The highest BCUT2D eigenvalue weighted by molar-refractivity contribution is 5.83. The first-order chi connectivity index (χ1) is 15.1. The molecule has 6 heteroatoms. The Morgan fingerprint density at radius 3 is 2.71 bits per heavy atom. The number of para-hydroxylation sites is 1. The zero-order valence-corrected chi connectivity index (χ0v) is 17.6. The van der Waals surface area contributed by atoms with Gasteiger partial charge >= 0.3 is 0 Å². The minimum atomic E-state index is -0.157. The number of rotatable bonds is 8. The number of hydrogen-bond donors (Lipinski definition) is 2. The molecule has 2 heterocycles. The van der Waals surface area contributed by atoms with Crippen LogP contribution in [0.1, 0.15) is 24.0 Å². The molecule has 0 bridgehead atoms. The maximum absolute atomic E-state index is 12.2. The fraction of sp³-hybridized carbons (Fsp3) is 0.240. The number of amides is 1. The molecule has 0 fully saturated rings. The molecule has 0 atom stereocenters. The average Bonchev–Trinajstić information content (AvgIpc) is 3.19. The largest absolute Gasteiger partial charge is 0.361 e. The van der Waals surface area contributed by atoms with Gasteiger partial charge in [0.15, 0.2) is 0 Å². The Hall–Kier alpha value is -3.67. The number of aromatic nitrogens is 3. The highest BCUT2D eigenvalue weighted by Gasteiger charge is 2.07. The molecule has 6 nitrogen and oxygen atoms in total. The van der Waals surface area contributed by atoms with Crippen LogP contribution in [0.3, 0.4) is 0 Å². The van der Waals surface area contributed by atoms with E-state index in [1.165, 1.54) is 27.3 Å². The molecule has 0 saturated carbocycles. The van der Waals surface area contributed by atoms with E-state index >= 15 is 0 Å². The van der Waals surface area contributed by atoms with E-state index in [1.54, 1.807) is 6.07 Å². The van der Waals surface area contributed by atoms with Gasteiger partial charge in [0, 0.05) is 48.2 Å². The maximum atomic E-state index is 12.2. The molecular formula is C25H26N4O2. The number of aromatic amines is 1. The fourth-order valence-electron chi connectivity index (χ4n) is 3.64. The van der Waals surface area contributed by atoms with Gasteiger partial charge in [-0.3, -0.25) is 9.59 Å². The lowest BCUT2D eigenvalue weighted by atomic mass is 10.1. The Morgan fingerprint density at radius 1 is 1.06 bits per heavy atom. The van der Waals surface area contributed by atoms with Crippen molar-refractivity contribution in [3.8, 4) is 11.3 Å². The molecule has 2 aromatic carbocycles. The van der Waals surface area contributed by atoms with Crippen LogP contribution in [0.2, 0.25) is 0 Å². The smallest absolute Gasteiger partial charge is 0.266 e. The predicted octanol–water partition coefficient (Wildman–Crippen LogP) is 3.84. The second-order valence-electron chi connectivity index (χ2n) is 7.71. The molecule has 4 rings (SSSR count). The second kappa shape index (κ2) is 9.43. The van der Waals surface area contributed by atoms with Gasteiger partial charge in [-0.25, -0.2) is 4.68 Å². The molecule has 158 valence electrons. The minimum Gasteiger partial charge on any atom is -0.361 e. The van der Waals surface area contributed by atoms with Crippen molar-refractivity contribution < 1.29 is 4.79 Å². The van der Waals surface area contributed by atoms with Crippen LogP contribution in [0, 0.1) is 6.92 Å². The van der Waals surface area contributed by atoms with Gasteiger partial charge in [0.05, 0.1) is 5.69 Å². The molecule has 4 aromatic rings. The summed E-state index contributed by atoms with van der Waals surface area (Å²) in [4.78, 5) is 27.6. The van der Waals surface area contributed by atoms with Gasteiger partial charge in [0.2, 0.25) is 5.91 Å². The molecule has 0 unspecified atom stereocenters. The monoisotopic (exact) mass is 414 g/mol. The number of hydrogen-bond acceptors (Lipinski definition) is 3. The van der Waals surface area contributed by atoms with Crippen molar-refractivity contribution in [3.63, 3.8) is 0 Å². The third-order valence-corrected chi connectivity index (χ3v) is 5.38. The van der Waals surface area contributed by atoms with E-state index in [2.05, 4.69) is 21.5 Å². The van der Waals surface area contributed by atoms with Crippen molar-refractivity contribution in [1.29, 1.82) is 0 Å². The summed E-state index contributed by atoms with van der Waals surface area (Å²) in [5.41, 5.74) is 5.04. The Kier molecular flexibility index (Phi) is 6.26. The first-order valence-corrected chi connectivity index (χ1v) is 10.6. The summed E-state index contributed by atoms with van der Waals surface area (Å²) in [6, 6.07) is 19.4. The molecule has 2 N–H and O–H groups in total. The van der Waals surface area contributed by atoms with Gasteiger partial charge in [-0.15, -0.1) is 0 Å². The third kappa shape index (κ3) is 5.09. The van der Waals surface area contributed by atoms with Crippen molar-refractivity contribution >= 4 is 16.8 Å². The van der Waals surface area contributed by atoms with E-state index < -0.39 is 0 Å². The molecule has 0 saturated heterocycles. The van der Waals surface area contributed by atoms with Gasteiger partial charge in [-0.2, -0.15) is 5.10 Å². The number of aryl methyl sites for hydroxylation is 2. The molecule has 31 heavy (non-hydrogen) atoms. The standard InChI is InChI=1S/C25H26N4O2/c1-18-8-10-19(11-9-18)22-12-13-25(31)29(28-22)16-4-7-24(30)26-15-14-20-17-27-23-6-3-2-5-21(20)23/h2-3,5-6,8-13,17,27H,4,7,14-16H2,1H3,(H,26,30). The summed E-state index contributed by atoms with van der Waals surface area (Å²) < 4.78 is 1.44. The topological polar surface area (TPSA) is 79.8 Å². The van der Waals surface area contributed by atoms with E-state index in [1.807, 2.05) is 55.6 Å². The fourth-order valence-corrected chi connectivity index (χ4v) is 3.64. The molecular weight excluding hydrogens is 388 g/mol. The summed E-state index contributed by atoms with van der Waals surface area (Å²) in [6.07, 6.45) is 3.69. The van der Waals surface area contributed by atoms with E-state index in [0.717, 1.165) is 23.2 Å². The van der Waals surface area contributed by atoms with E-state index in [-0.39, 0.29) is 11.5 Å². The maximum Gasteiger partial charge on any atom is 0.266 e. The van der Waals surface area contributed by atoms with E-state index in [4.69, 9.17) is 0 Å². The van der Waals surface area contributed by atoms with Gasteiger partial charge in [0.25, 0.3) is 5.56 Å². The van der Waals surface area contributed by atoms with Crippen molar-refractivity contribution in [2.24, 2.45) is 0 Å². The van der Waals surface area contributed by atoms with Crippen LogP contribution < -0.4 is 10.9 Å². The van der Waals surface area contributed by atoms with Gasteiger partial charge < -0.3 is 10.3 Å². The summed E-state index contributed by atoms with van der Waals surface area (Å²) in [6.45, 7) is 3.03. The predicted molar refractivity (Wildman–Crippen MR) is 123 cm³/mol. The van der Waals surface area contributed by atoms with E-state index in [0.29, 0.717) is 25.9 Å². The number of fused-ring (bicyclic) bond motifs is 1. The van der Waals surface area contributed by atoms with Crippen molar-refractivity contribution in [2.45, 2.75) is 32.7 Å². The Balaban J connectivity index is 1.27. The number of nitrogens with zero attached hydrogens (tertiary/aromatic N) is 2. The van der Waals surface area contributed by atoms with Crippen LogP contribution in [0.25, 0.3) is 22.2 Å². The van der Waals surface area contributed by atoms with Crippen LogP contribution in [0.15, 0.2) is 71.7 Å². The number of nitrogens with one attached hydrogen (secondary N) is 2. The first-order valence-electron chi connectivity index (χ1n) is 10.6. The summed E-state index contributed by atoms with van der Waals surface area (Å²) in [7, 11) is 0. The number of carbonyl (C=O) groups is 1. The van der Waals surface area contributed by atoms with Crippen LogP contribution in [-0.4, -0.2) is 27.2 Å². The summed E-state index contributed by atoms with van der Waals surface area (Å²) in [5, 5.41) is 8.62. The molecule has 0 aliphatic rings. The highest BCUT2D eigenvalue weighted by Crippen LogP contribution is 2.18. The Bertz CT molecular complexity index is 1240. The van der Waals surface area contributed by atoms with Crippen LogP contribution >= 0.6 is 0 Å². The molecule has 1 amide bonds. The van der Waals surface area contributed by atoms with Gasteiger partial charge in [0.1, 0.15) is 0 Å². The molecule has 0 aliphatic carbocycles. The van der Waals surface area contributed by atoms with E-state index in [9.17, 15) is 9.59 Å². The SMILES string of the molecule is Cc1ccc(-c2ccc(=O)n(CCCC(=O)NCCc3c[nH]c4ccccc34)n2)cc1. The molecule has 2 aromatic heterocycles. The Labute approximate surface area is 180 Å². The second-order valence-corrected chi connectivity index (χ2v) is 7.71. The lowest BCUT2D eigenvalue weighted by molar-refractivity contribution is -0.121. The molecule has 0 spiro atoms. The lowest BCUT2D eigenvalue weighted by Crippen LogP contribution is -2.27. The number of benzene rings is 2. The number of carbonyl (C=O) groups excluding carboxylic acids is 1. The van der Waals surface area contributed by atoms with Crippen LogP contribution in [0.5, 0.6) is 0 Å². The summed E-state index contributed by atoms with van der Waals surface area (Å²) >= 11 is 0. The molecule has 0 aliphatic heterocycles. The zero-order valence-electron chi connectivity index (χ0n) is 17.6.